The van der Waals surface area contributed by atoms with Crippen LogP contribution in [0.2, 0.25) is 0 Å². The summed E-state index contributed by atoms with van der Waals surface area (Å²) < 4.78 is 0. The molecule has 1 N–H and O–H groups in total. The molecule has 1 aliphatic rings. The molecule has 3 heteroatoms. The molecule has 0 heterocycles. The summed E-state index contributed by atoms with van der Waals surface area (Å²) in [6.45, 7) is 2.10. The third-order valence-electron chi connectivity index (χ3n) is 2.64. The molecule has 0 spiro atoms. The molecule has 0 bridgehead atoms. The van der Waals surface area contributed by atoms with E-state index in [0.717, 1.165) is 12.8 Å². The maximum Gasteiger partial charge on any atom is 0.303 e. The zero-order valence-corrected chi connectivity index (χ0v) is 11.8. The molecule has 0 saturated heterocycles. The van der Waals surface area contributed by atoms with E-state index < -0.39 is 5.97 Å². The summed E-state index contributed by atoms with van der Waals surface area (Å²) in [5, 5.41) is 8.63. The van der Waals surface area contributed by atoms with Crippen LogP contribution in [0.5, 0.6) is 0 Å². The largest absolute Gasteiger partial charge is 0.481 e. The average Bonchev–Trinajstić information content (AvgIpc) is 1.85. The minimum Gasteiger partial charge on any atom is -0.481 e. The van der Waals surface area contributed by atoms with E-state index >= 15 is 0 Å². The fourth-order valence-electron chi connectivity index (χ4n) is 1.95. The Balaban J connectivity index is 0.00000121. The average molecular weight is 269 g/mol. The van der Waals surface area contributed by atoms with E-state index in [9.17, 15) is 4.79 Å². The number of rotatable bonds is 2. The van der Waals surface area contributed by atoms with Crippen LogP contribution in [0.4, 0.5) is 0 Å². The summed E-state index contributed by atoms with van der Waals surface area (Å²) in [7, 11) is 0. The number of hydrogen-bond acceptors (Lipinski definition) is 1. The molecule has 66 valence electrons. The Kier molecular flexibility index (Phi) is 5.36. The van der Waals surface area contributed by atoms with Crippen LogP contribution in [0.25, 0.3) is 0 Å². The second kappa shape index (κ2) is 5.19. The number of carboxylic acid groups (broad SMARTS) is 1. The smallest absolute Gasteiger partial charge is 0.303 e. The molecule has 0 aromatic carbocycles. The van der Waals surface area contributed by atoms with Gasteiger partial charge in [-0.3, -0.25) is 4.79 Å². The summed E-state index contributed by atoms with van der Waals surface area (Å²) in [5.41, 5.74) is 0.101. The van der Waals surface area contributed by atoms with Gasteiger partial charge in [-0.1, -0.05) is 26.2 Å². The van der Waals surface area contributed by atoms with Gasteiger partial charge in [-0.15, -0.1) is 0 Å². The molecule has 0 unspecified atom stereocenters. The van der Waals surface area contributed by atoms with Crippen molar-refractivity contribution in [2.75, 3.05) is 0 Å². The van der Waals surface area contributed by atoms with Crippen molar-refractivity contribution in [3.8, 4) is 0 Å². The van der Waals surface area contributed by atoms with Gasteiger partial charge in [0.25, 0.3) is 0 Å². The van der Waals surface area contributed by atoms with Crippen LogP contribution in [0.1, 0.15) is 45.4 Å². The van der Waals surface area contributed by atoms with Crippen LogP contribution in [0, 0.1) is 5.41 Å². The van der Waals surface area contributed by atoms with Crippen LogP contribution in [0.3, 0.4) is 0 Å². The maximum absolute atomic E-state index is 10.5. The van der Waals surface area contributed by atoms with Crippen LogP contribution < -0.4 is 0 Å². The molecule has 0 aliphatic heterocycles. The number of hydrogen-bond donors (Lipinski definition) is 1. The summed E-state index contributed by atoms with van der Waals surface area (Å²) >= 11 is 0. The van der Waals surface area contributed by atoms with Crippen LogP contribution in [-0.2, 0) is 32.1 Å². The number of carboxylic acids is 1. The first-order valence-corrected chi connectivity index (χ1v) is 4.34. The minimum atomic E-state index is -0.644. The molecule has 0 amide bonds. The van der Waals surface area contributed by atoms with E-state index in [1.54, 1.807) is 0 Å². The van der Waals surface area contributed by atoms with Crippen LogP contribution in [-0.4, -0.2) is 11.1 Å². The van der Waals surface area contributed by atoms with Gasteiger partial charge in [0, 0.05) is 27.3 Å². The van der Waals surface area contributed by atoms with Crippen molar-refractivity contribution in [1.29, 1.82) is 0 Å². The van der Waals surface area contributed by atoms with Gasteiger partial charge in [-0.25, -0.2) is 0 Å². The van der Waals surface area contributed by atoms with Crippen LogP contribution >= 0.6 is 0 Å². The number of aliphatic carboxylic acids is 1. The van der Waals surface area contributed by atoms with Gasteiger partial charge in [-0.05, 0) is 18.3 Å². The second-order valence-corrected chi connectivity index (χ2v) is 3.94. The van der Waals surface area contributed by atoms with E-state index in [-0.39, 0.29) is 32.7 Å². The molecule has 12 heavy (non-hydrogen) atoms. The van der Waals surface area contributed by atoms with Crippen molar-refractivity contribution in [3.05, 3.63) is 0 Å². The SMILES string of the molecule is CC1(CC(=O)O)CCCCC1.[Cd]. The molecule has 2 nitrogen and oxygen atoms in total. The minimum absolute atomic E-state index is 0. The zero-order valence-electron chi connectivity index (χ0n) is 7.81. The molecule has 0 radical (unpaired) electrons. The molecule has 0 aromatic rings. The van der Waals surface area contributed by atoms with E-state index in [1.807, 2.05) is 0 Å². The van der Waals surface area contributed by atoms with Gasteiger partial charge in [-0.2, -0.15) is 0 Å². The Hall–Kier alpha value is 0.392. The van der Waals surface area contributed by atoms with Gasteiger partial charge in [0.2, 0.25) is 0 Å². The van der Waals surface area contributed by atoms with Gasteiger partial charge in [0.1, 0.15) is 0 Å². The monoisotopic (exact) mass is 270 g/mol. The van der Waals surface area contributed by atoms with E-state index in [4.69, 9.17) is 5.11 Å². The summed E-state index contributed by atoms with van der Waals surface area (Å²) in [4.78, 5) is 10.5. The summed E-state index contributed by atoms with van der Waals surface area (Å²) in [5.74, 6) is -0.644. The maximum atomic E-state index is 10.5. The molecule has 0 atom stereocenters. The van der Waals surface area contributed by atoms with E-state index in [2.05, 4.69) is 6.92 Å². The third kappa shape index (κ3) is 3.87. The predicted molar refractivity (Wildman–Crippen MR) is 43.4 cm³/mol. The molecule has 1 fully saturated rings. The Morgan fingerprint density at radius 3 is 2.25 bits per heavy atom. The van der Waals surface area contributed by atoms with Crippen molar-refractivity contribution in [3.63, 3.8) is 0 Å². The normalized spacial score (nSPS) is 21.1. The van der Waals surface area contributed by atoms with Crippen molar-refractivity contribution in [2.24, 2.45) is 5.41 Å². The molecule has 1 saturated carbocycles. The van der Waals surface area contributed by atoms with E-state index in [1.165, 1.54) is 19.3 Å². The van der Waals surface area contributed by atoms with Gasteiger partial charge in [0.05, 0.1) is 6.42 Å². The van der Waals surface area contributed by atoms with Crippen molar-refractivity contribution < 1.29 is 37.2 Å². The van der Waals surface area contributed by atoms with Gasteiger partial charge < -0.3 is 5.11 Å². The van der Waals surface area contributed by atoms with Crippen molar-refractivity contribution >= 4 is 5.97 Å². The first-order valence-electron chi connectivity index (χ1n) is 4.34. The second-order valence-electron chi connectivity index (χ2n) is 3.94. The van der Waals surface area contributed by atoms with Crippen LogP contribution in [0.15, 0.2) is 0 Å². The van der Waals surface area contributed by atoms with Gasteiger partial charge in [0.15, 0.2) is 0 Å². The Bertz CT molecular complexity index is 151. The van der Waals surface area contributed by atoms with Crippen molar-refractivity contribution in [1.82, 2.24) is 0 Å². The molecule has 1 rings (SSSR count). The molecule has 1 aliphatic carbocycles. The van der Waals surface area contributed by atoms with Crippen molar-refractivity contribution in [2.45, 2.75) is 45.4 Å². The summed E-state index contributed by atoms with van der Waals surface area (Å²) in [6.07, 6.45) is 6.26. The fraction of sp³-hybridized carbons (Fsp3) is 0.889. The molecule has 0 aromatic heterocycles. The van der Waals surface area contributed by atoms with Gasteiger partial charge >= 0.3 is 5.97 Å². The zero-order chi connectivity index (χ0) is 8.32. The third-order valence-corrected chi connectivity index (χ3v) is 2.64. The Morgan fingerprint density at radius 2 is 1.83 bits per heavy atom. The Labute approximate surface area is 93.9 Å². The first kappa shape index (κ1) is 12.4. The predicted octanol–water partition coefficient (Wildman–Crippen LogP) is 2.43. The number of carbonyl (C=O) groups is 1. The standard InChI is InChI=1S/C9H16O2.Cd/c1-9(7-8(10)11)5-3-2-4-6-9;/h2-7H2,1H3,(H,10,11);. The molecular formula is C9H16CdO2. The quantitative estimate of drug-likeness (QED) is 0.781. The topological polar surface area (TPSA) is 37.3 Å². The first-order chi connectivity index (χ1) is 5.12. The summed E-state index contributed by atoms with van der Waals surface area (Å²) in [6, 6.07) is 0. The van der Waals surface area contributed by atoms with E-state index in [0.29, 0.717) is 6.42 Å². The molecular weight excluding hydrogens is 253 g/mol. The fourth-order valence-corrected chi connectivity index (χ4v) is 1.95. The Morgan fingerprint density at radius 1 is 1.33 bits per heavy atom.